The number of nitro benzene ring substituents is 1. The number of non-ortho nitro benzene ring substituents is 1. The van der Waals surface area contributed by atoms with Crippen LogP contribution in [0.2, 0.25) is 10.0 Å². The van der Waals surface area contributed by atoms with Gasteiger partial charge in [-0.05, 0) is 29.3 Å². The highest BCUT2D eigenvalue weighted by Crippen LogP contribution is 2.27. The zero-order valence-electron chi connectivity index (χ0n) is 11.2. The second-order valence-corrected chi connectivity index (χ2v) is 6.58. The van der Waals surface area contributed by atoms with Crippen LogP contribution in [-0.4, -0.2) is 13.3 Å². The maximum Gasteiger partial charge on any atom is 0.332 e. The van der Waals surface area contributed by atoms with Crippen LogP contribution in [0.25, 0.3) is 12.2 Å². The van der Waals surface area contributed by atoms with E-state index >= 15 is 0 Å². The third-order valence-corrected chi connectivity index (χ3v) is 4.36. The summed E-state index contributed by atoms with van der Waals surface area (Å²) in [5, 5.41) is 10.8. The Morgan fingerprint density at radius 3 is 1.96 bits per heavy atom. The molecule has 0 atom stereocenters. The second kappa shape index (κ2) is 6.66. The summed E-state index contributed by atoms with van der Waals surface area (Å²) in [6.45, 7) is 0. The standard InChI is InChI=1S/C14H8Cl2FNO4S/c15-13-7-11(18(19)20)5-3-9(13)1-2-10-4-6-12(8-14(10)16)23(17,21)22/h1-8H/b2-1+. The number of nitro groups is 1. The predicted octanol–water partition coefficient (Wildman–Crippen LogP) is 4.73. The van der Waals surface area contributed by atoms with Crippen LogP contribution in [-0.2, 0) is 10.2 Å². The summed E-state index contributed by atoms with van der Waals surface area (Å²) in [7, 11) is -4.82. The molecule has 0 unspecified atom stereocenters. The highest BCUT2D eigenvalue weighted by molar-refractivity contribution is 7.86. The summed E-state index contributed by atoms with van der Waals surface area (Å²) < 4.78 is 34.4. The lowest BCUT2D eigenvalue weighted by Gasteiger charge is -2.02. The van der Waals surface area contributed by atoms with Crippen LogP contribution in [0.5, 0.6) is 0 Å². The molecule has 5 nitrogen and oxygen atoms in total. The maximum absolute atomic E-state index is 12.9. The molecule has 0 saturated carbocycles. The first-order valence-electron chi connectivity index (χ1n) is 6.05. The lowest BCUT2D eigenvalue weighted by molar-refractivity contribution is -0.384. The summed E-state index contributed by atoms with van der Waals surface area (Å²) in [6, 6.07) is 7.38. The quantitative estimate of drug-likeness (QED) is 0.335. The van der Waals surface area contributed by atoms with Gasteiger partial charge >= 0.3 is 10.2 Å². The van der Waals surface area contributed by atoms with Crippen molar-refractivity contribution >= 4 is 51.3 Å². The van der Waals surface area contributed by atoms with Crippen molar-refractivity contribution in [1.29, 1.82) is 0 Å². The number of halogens is 3. The monoisotopic (exact) mass is 375 g/mol. The molecule has 2 rings (SSSR count). The van der Waals surface area contributed by atoms with E-state index in [2.05, 4.69) is 0 Å². The van der Waals surface area contributed by atoms with Gasteiger partial charge in [-0.25, -0.2) is 0 Å². The third kappa shape index (κ3) is 4.28. The zero-order valence-corrected chi connectivity index (χ0v) is 13.6. The van der Waals surface area contributed by atoms with Crippen molar-refractivity contribution in [2.45, 2.75) is 4.90 Å². The Morgan fingerprint density at radius 1 is 1.00 bits per heavy atom. The minimum atomic E-state index is -4.82. The Labute approximate surface area is 141 Å². The molecule has 0 N–H and O–H groups in total. The number of hydrogen-bond acceptors (Lipinski definition) is 4. The first kappa shape index (κ1) is 17.4. The van der Waals surface area contributed by atoms with Gasteiger partial charge in [-0.2, -0.15) is 8.42 Å². The molecule has 120 valence electrons. The Balaban J connectivity index is 2.32. The largest absolute Gasteiger partial charge is 0.332 e. The van der Waals surface area contributed by atoms with Gasteiger partial charge in [0, 0.05) is 17.2 Å². The molecule has 0 fully saturated rings. The molecule has 0 aliphatic rings. The van der Waals surface area contributed by atoms with Crippen LogP contribution in [0, 0.1) is 10.1 Å². The average molecular weight is 376 g/mol. The van der Waals surface area contributed by atoms with E-state index in [4.69, 9.17) is 23.2 Å². The minimum Gasteiger partial charge on any atom is -0.258 e. The van der Waals surface area contributed by atoms with Crippen LogP contribution in [0.1, 0.15) is 11.1 Å². The SMILES string of the molecule is O=[N+]([O-])c1ccc(/C=C/c2ccc(S(=O)(=O)F)cc2Cl)c(Cl)c1. The summed E-state index contributed by atoms with van der Waals surface area (Å²) in [5.74, 6) is 0. The summed E-state index contributed by atoms with van der Waals surface area (Å²) in [4.78, 5) is 9.54. The zero-order chi connectivity index (χ0) is 17.2. The molecule has 2 aromatic rings. The van der Waals surface area contributed by atoms with Crippen molar-refractivity contribution < 1.29 is 17.2 Å². The molecule has 0 radical (unpaired) electrons. The molecular weight excluding hydrogens is 368 g/mol. The molecule has 0 spiro atoms. The fourth-order valence-electron chi connectivity index (χ4n) is 1.74. The summed E-state index contributed by atoms with van der Waals surface area (Å²) in [6.07, 6.45) is 3.08. The van der Waals surface area contributed by atoms with E-state index in [1.165, 1.54) is 30.3 Å². The normalized spacial score (nSPS) is 11.8. The molecule has 0 bridgehead atoms. The summed E-state index contributed by atoms with van der Waals surface area (Å²) in [5.41, 5.74) is 0.812. The van der Waals surface area contributed by atoms with E-state index < -0.39 is 20.0 Å². The highest BCUT2D eigenvalue weighted by atomic mass is 35.5. The number of nitrogens with zero attached hydrogens (tertiary/aromatic N) is 1. The van der Waals surface area contributed by atoms with E-state index in [9.17, 15) is 22.4 Å². The van der Waals surface area contributed by atoms with Gasteiger partial charge in [0.2, 0.25) is 0 Å². The molecule has 0 saturated heterocycles. The van der Waals surface area contributed by atoms with E-state index in [0.717, 1.165) is 12.1 Å². The second-order valence-electron chi connectivity index (χ2n) is 4.42. The van der Waals surface area contributed by atoms with Gasteiger partial charge < -0.3 is 0 Å². The first-order chi connectivity index (χ1) is 10.7. The molecule has 0 amide bonds. The Kier molecular flexibility index (Phi) is 5.03. The lowest BCUT2D eigenvalue weighted by atomic mass is 10.1. The van der Waals surface area contributed by atoms with Gasteiger partial charge in [-0.3, -0.25) is 10.1 Å². The van der Waals surface area contributed by atoms with Crippen molar-refractivity contribution in [3.63, 3.8) is 0 Å². The van der Waals surface area contributed by atoms with E-state index in [1.807, 2.05) is 0 Å². The van der Waals surface area contributed by atoms with E-state index in [1.54, 1.807) is 6.08 Å². The van der Waals surface area contributed by atoms with Gasteiger partial charge in [0.15, 0.2) is 0 Å². The molecule has 2 aromatic carbocycles. The van der Waals surface area contributed by atoms with Crippen molar-refractivity contribution in [2.24, 2.45) is 0 Å². The van der Waals surface area contributed by atoms with Crippen LogP contribution in [0.4, 0.5) is 9.57 Å². The molecule has 0 aliphatic heterocycles. The van der Waals surface area contributed by atoms with Gasteiger partial charge in [0.1, 0.15) is 0 Å². The fraction of sp³-hybridized carbons (Fsp3) is 0. The summed E-state index contributed by atoms with van der Waals surface area (Å²) >= 11 is 11.9. The first-order valence-corrected chi connectivity index (χ1v) is 8.18. The molecule has 23 heavy (non-hydrogen) atoms. The van der Waals surface area contributed by atoms with Crippen LogP contribution in [0.15, 0.2) is 41.3 Å². The van der Waals surface area contributed by atoms with E-state index in [-0.39, 0.29) is 15.7 Å². The Hall–Kier alpha value is -1.96. The molecule has 0 aliphatic carbocycles. The van der Waals surface area contributed by atoms with Crippen molar-refractivity contribution in [3.8, 4) is 0 Å². The fourth-order valence-corrected chi connectivity index (χ4v) is 2.77. The van der Waals surface area contributed by atoms with Crippen molar-refractivity contribution in [2.75, 3.05) is 0 Å². The Bertz CT molecular complexity index is 913. The number of benzene rings is 2. The van der Waals surface area contributed by atoms with Crippen LogP contribution in [0.3, 0.4) is 0 Å². The molecule has 0 aromatic heterocycles. The van der Waals surface area contributed by atoms with Gasteiger partial charge in [0.25, 0.3) is 5.69 Å². The molecular formula is C14H8Cl2FNO4S. The van der Waals surface area contributed by atoms with E-state index in [0.29, 0.717) is 11.1 Å². The lowest BCUT2D eigenvalue weighted by Crippen LogP contribution is -1.92. The molecule has 9 heteroatoms. The molecule has 0 heterocycles. The minimum absolute atomic E-state index is 0.0398. The number of hydrogen-bond donors (Lipinski definition) is 0. The van der Waals surface area contributed by atoms with Crippen molar-refractivity contribution in [3.05, 3.63) is 67.7 Å². The maximum atomic E-state index is 12.9. The Morgan fingerprint density at radius 2 is 1.52 bits per heavy atom. The number of rotatable bonds is 4. The van der Waals surface area contributed by atoms with Crippen LogP contribution >= 0.6 is 23.2 Å². The average Bonchev–Trinajstić information content (AvgIpc) is 2.45. The van der Waals surface area contributed by atoms with Crippen molar-refractivity contribution in [1.82, 2.24) is 0 Å². The third-order valence-electron chi connectivity index (χ3n) is 2.89. The van der Waals surface area contributed by atoms with Crippen LogP contribution < -0.4 is 0 Å². The van der Waals surface area contributed by atoms with Gasteiger partial charge in [0.05, 0.1) is 14.8 Å². The smallest absolute Gasteiger partial charge is 0.258 e. The topological polar surface area (TPSA) is 77.3 Å². The predicted molar refractivity (Wildman–Crippen MR) is 86.8 cm³/mol. The van der Waals surface area contributed by atoms with Gasteiger partial charge in [-0.1, -0.05) is 41.4 Å². The van der Waals surface area contributed by atoms with Gasteiger partial charge in [-0.15, -0.1) is 3.89 Å². The highest BCUT2D eigenvalue weighted by Gasteiger charge is 2.13.